The average Bonchev–Trinajstić information content (AvgIpc) is 3.06. The van der Waals surface area contributed by atoms with E-state index in [4.69, 9.17) is 0 Å². The van der Waals surface area contributed by atoms with Crippen LogP contribution < -0.4 is 10.2 Å². The first kappa shape index (κ1) is 19.9. The van der Waals surface area contributed by atoms with Crippen molar-refractivity contribution in [1.82, 2.24) is 10.2 Å². The number of nitrogens with zero attached hydrogens (tertiary/aromatic N) is 2. The number of hydrogen-bond acceptors (Lipinski definition) is 3. The van der Waals surface area contributed by atoms with Gasteiger partial charge in [0.2, 0.25) is 11.8 Å². The molecule has 0 aliphatic carbocycles. The van der Waals surface area contributed by atoms with Gasteiger partial charge in [0.1, 0.15) is 6.04 Å². The van der Waals surface area contributed by atoms with Crippen LogP contribution in [0.4, 0.5) is 5.69 Å². The third-order valence-corrected chi connectivity index (χ3v) is 6.27. The van der Waals surface area contributed by atoms with Crippen molar-refractivity contribution in [3.8, 4) is 0 Å². The van der Waals surface area contributed by atoms with Gasteiger partial charge in [0.05, 0.1) is 0 Å². The fourth-order valence-corrected chi connectivity index (χ4v) is 4.47. The Morgan fingerprint density at radius 3 is 2.70 bits per heavy atom. The van der Waals surface area contributed by atoms with Gasteiger partial charge >= 0.3 is 0 Å². The van der Waals surface area contributed by atoms with Crippen molar-refractivity contribution in [3.63, 3.8) is 0 Å². The molecule has 2 amide bonds. The Morgan fingerprint density at radius 1 is 1.26 bits per heavy atom. The van der Waals surface area contributed by atoms with Crippen molar-refractivity contribution < 1.29 is 9.59 Å². The Kier molecular flexibility index (Phi) is 5.89. The van der Waals surface area contributed by atoms with Crippen molar-refractivity contribution in [2.45, 2.75) is 65.0 Å². The predicted molar refractivity (Wildman–Crippen MR) is 109 cm³/mol. The van der Waals surface area contributed by atoms with E-state index in [0.29, 0.717) is 13.0 Å². The van der Waals surface area contributed by atoms with Gasteiger partial charge < -0.3 is 5.32 Å². The van der Waals surface area contributed by atoms with E-state index in [0.717, 1.165) is 30.3 Å². The van der Waals surface area contributed by atoms with Crippen LogP contribution in [0.5, 0.6) is 0 Å². The van der Waals surface area contributed by atoms with Crippen molar-refractivity contribution in [2.75, 3.05) is 24.5 Å². The monoisotopic (exact) mass is 371 g/mol. The van der Waals surface area contributed by atoms with Gasteiger partial charge in [-0.25, -0.2) is 0 Å². The number of nitrogens with one attached hydrogen (secondary N) is 1. The fraction of sp³-hybridized carbons (Fsp3) is 0.636. The number of benzene rings is 1. The summed E-state index contributed by atoms with van der Waals surface area (Å²) in [5.74, 6) is 0.617. The normalized spacial score (nSPS) is 23.2. The number of para-hydroxylation sites is 1. The summed E-state index contributed by atoms with van der Waals surface area (Å²) in [6, 6.07) is 7.35. The van der Waals surface area contributed by atoms with E-state index in [1.54, 1.807) is 4.90 Å². The van der Waals surface area contributed by atoms with Gasteiger partial charge in [-0.15, -0.1) is 0 Å². The van der Waals surface area contributed by atoms with E-state index < -0.39 is 6.04 Å². The van der Waals surface area contributed by atoms with E-state index in [2.05, 4.69) is 31.0 Å². The molecule has 0 radical (unpaired) electrons. The van der Waals surface area contributed by atoms with Crippen molar-refractivity contribution >= 4 is 17.5 Å². The Balaban J connectivity index is 1.64. The number of piperidine rings is 1. The van der Waals surface area contributed by atoms with Crippen LogP contribution in [0.2, 0.25) is 0 Å². The molecular weight excluding hydrogens is 338 g/mol. The molecule has 1 aromatic carbocycles. The lowest BCUT2D eigenvalue weighted by molar-refractivity contribution is -0.126. The molecule has 2 heterocycles. The lowest BCUT2D eigenvalue weighted by atomic mass is 9.91. The molecule has 1 fully saturated rings. The highest BCUT2D eigenvalue weighted by molar-refractivity contribution is 6.02. The zero-order chi connectivity index (χ0) is 19.6. The molecule has 0 saturated carbocycles. The van der Waals surface area contributed by atoms with Gasteiger partial charge in [0, 0.05) is 37.7 Å². The highest BCUT2D eigenvalue weighted by Crippen LogP contribution is 2.32. The summed E-state index contributed by atoms with van der Waals surface area (Å²) in [5, 5.41) is 3.14. The number of fused-ring (bicyclic) bond motifs is 1. The van der Waals surface area contributed by atoms with E-state index >= 15 is 0 Å². The quantitative estimate of drug-likeness (QED) is 0.866. The fourth-order valence-electron chi connectivity index (χ4n) is 4.47. The summed E-state index contributed by atoms with van der Waals surface area (Å²) in [4.78, 5) is 29.3. The molecule has 1 N–H and O–H groups in total. The van der Waals surface area contributed by atoms with Crippen LogP contribution in [0.15, 0.2) is 24.3 Å². The zero-order valence-corrected chi connectivity index (χ0v) is 17.1. The molecule has 148 valence electrons. The van der Waals surface area contributed by atoms with Gasteiger partial charge in [0.15, 0.2) is 0 Å². The summed E-state index contributed by atoms with van der Waals surface area (Å²) in [7, 11) is 0. The second-order valence-electron chi connectivity index (χ2n) is 8.63. The van der Waals surface area contributed by atoms with Crippen LogP contribution in [-0.4, -0.2) is 47.9 Å². The largest absolute Gasteiger partial charge is 0.352 e. The number of anilines is 1. The summed E-state index contributed by atoms with van der Waals surface area (Å²) in [6.07, 6.45) is 4.34. The molecule has 1 aromatic rings. The van der Waals surface area contributed by atoms with Gasteiger partial charge in [0.25, 0.3) is 0 Å². The molecule has 1 unspecified atom stereocenters. The van der Waals surface area contributed by atoms with E-state index in [9.17, 15) is 9.59 Å². The maximum absolute atomic E-state index is 13.0. The van der Waals surface area contributed by atoms with Crippen LogP contribution in [-0.2, 0) is 16.0 Å². The Bertz CT molecular complexity index is 701. The summed E-state index contributed by atoms with van der Waals surface area (Å²) in [6.45, 7) is 11.0. The highest BCUT2D eigenvalue weighted by Gasteiger charge is 2.38. The van der Waals surface area contributed by atoms with Crippen LogP contribution >= 0.6 is 0 Å². The lowest BCUT2D eigenvalue weighted by Gasteiger charge is -2.43. The van der Waals surface area contributed by atoms with Gasteiger partial charge in [-0.2, -0.15) is 0 Å². The van der Waals surface area contributed by atoms with E-state index in [-0.39, 0.29) is 17.4 Å². The number of hydrogen-bond donors (Lipinski definition) is 1. The lowest BCUT2D eigenvalue weighted by Crippen LogP contribution is -2.57. The first-order valence-electron chi connectivity index (χ1n) is 10.2. The van der Waals surface area contributed by atoms with E-state index in [1.165, 1.54) is 26.2 Å². The number of likely N-dealkylation sites (tertiary alicyclic amines) is 1. The molecule has 3 rings (SSSR count). The summed E-state index contributed by atoms with van der Waals surface area (Å²) >= 11 is 0. The SMILES string of the molecule is CCC1CCCN(C(C)(C)CNC(=O)[C@@H]2Cc3ccccc3N2C(C)=O)C1. The van der Waals surface area contributed by atoms with E-state index in [1.807, 2.05) is 24.3 Å². The smallest absolute Gasteiger partial charge is 0.243 e. The van der Waals surface area contributed by atoms with Crippen LogP contribution in [0.3, 0.4) is 0 Å². The minimum Gasteiger partial charge on any atom is -0.352 e. The Hall–Kier alpha value is -1.88. The number of carbonyl (C=O) groups excluding carboxylic acids is 2. The first-order valence-corrected chi connectivity index (χ1v) is 10.2. The van der Waals surface area contributed by atoms with Crippen LogP contribution in [0.1, 0.15) is 52.5 Å². The molecule has 1 saturated heterocycles. The van der Waals surface area contributed by atoms with Gasteiger partial charge in [-0.05, 0) is 50.8 Å². The minimum atomic E-state index is -0.444. The molecule has 0 aromatic heterocycles. The molecular formula is C22H33N3O2. The molecule has 5 heteroatoms. The number of amides is 2. The summed E-state index contributed by atoms with van der Waals surface area (Å²) < 4.78 is 0. The highest BCUT2D eigenvalue weighted by atomic mass is 16.2. The molecule has 2 aliphatic rings. The first-order chi connectivity index (χ1) is 12.8. The predicted octanol–water partition coefficient (Wildman–Crippen LogP) is 2.98. The average molecular weight is 372 g/mol. The minimum absolute atomic E-state index is 0.0569. The second kappa shape index (κ2) is 8.01. The molecule has 5 nitrogen and oxygen atoms in total. The van der Waals surface area contributed by atoms with Crippen LogP contribution in [0, 0.1) is 5.92 Å². The maximum atomic E-state index is 13.0. The summed E-state index contributed by atoms with van der Waals surface area (Å²) in [5.41, 5.74) is 1.84. The van der Waals surface area contributed by atoms with Crippen molar-refractivity contribution in [3.05, 3.63) is 29.8 Å². The Labute approximate surface area is 163 Å². The number of rotatable bonds is 5. The van der Waals surface area contributed by atoms with Crippen molar-refractivity contribution in [2.24, 2.45) is 5.92 Å². The molecule has 27 heavy (non-hydrogen) atoms. The maximum Gasteiger partial charge on any atom is 0.243 e. The Morgan fingerprint density at radius 2 is 2.00 bits per heavy atom. The second-order valence-corrected chi connectivity index (χ2v) is 8.63. The number of carbonyl (C=O) groups is 2. The standard InChI is InChI=1S/C22H33N3O2/c1-5-17-9-8-12-24(14-17)22(3,4)15-23-21(27)20-13-18-10-6-7-11-19(18)25(20)16(2)26/h6-7,10-11,17,20H,5,8-9,12-15H2,1-4H3,(H,23,27)/t17?,20-/m0/s1. The molecule has 2 atom stereocenters. The van der Waals surface area contributed by atoms with Crippen molar-refractivity contribution in [1.29, 1.82) is 0 Å². The molecule has 0 spiro atoms. The topological polar surface area (TPSA) is 52.7 Å². The third kappa shape index (κ3) is 4.18. The molecule has 0 bridgehead atoms. The molecule has 2 aliphatic heterocycles. The van der Waals surface area contributed by atoms with Crippen LogP contribution in [0.25, 0.3) is 0 Å². The van der Waals surface area contributed by atoms with Gasteiger partial charge in [-0.3, -0.25) is 19.4 Å². The third-order valence-electron chi connectivity index (χ3n) is 6.27. The zero-order valence-electron chi connectivity index (χ0n) is 17.1. The van der Waals surface area contributed by atoms with Gasteiger partial charge in [-0.1, -0.05) is 31.5 Å².